The Morgan fingerprint density at radius 3 is 2.45 bits per heavy atom. The van der Waals surface area contributed by atoms with Crippen LogP contribution in [0.15, 0.2) is 63.0 Å². The fraction of sp³-hybridized carbons (Fsp3) is 0.238. The van der Waals surface area contributed by atoms with Crippen LogP contribution < -0.4 is 3.27 Å². The molecule has 0 aromatic heterocycles. The second kappa shape index (κ2) is 6.51. The number of fused-ring (bicyclic) bond motifs is 3. The molecule has 0 fully saturated rings. The molecule has 2 aromatic carbocycles. The first-order valence-corrected chi connectivity index (χ1v) is 10.4. The number of hydrogen-bond acceptors (Lipinski definition) is 0. The van der Waals surface area contributed by atoms with Gasteiger partial charge in [0.05, 0.1) is 0 Å². The van der Waals surface area contributed by atoms with Gasteiger partial charge in [-0.25, -0.2) is 0 Å². The Morgan fingerprint density at radius 1 is 0.955 bits per heavy atom. The van der Waals surface area contributed by atoms with Gasteiger partial charge >= 0.3 is 146 Å². The number of rotatable bonds is 3. The first kappa shape index (κ1) is 15.7. The van der Waals surface area contributed by atoms with E-state index >= 15 is 0 Å². The Kier molecular flexibility index (Phi) is 4.64. The zero-order valence-corrected chi connectivity index (χ0v) is 16.3. The van der Waals surface area contributed by atoms with E-state index < -0.39 is 23.2 Å². The minimum atomic E-state index is -0.705. The van der Waals surface area contributed by atoms with Gasteiger partial charge in [0.25, 0.3) is 0 Å². The molecular formula is C21H22Zr. The third kappa shape index (κ3) is 2.84. The van der Waals surface area contributed by atoms with Gasteiger partial charge in [-0.1, -0.05) is 0 Å². The second-order valence-electron chi connectivity index (χ2n) is 6.01. The number of allylic oxidation sites excluding steroid dienone is 4. The van der Waals surface area contributed by atoms with Crippen LogP contribution in [0.4, 0.5) is 0 Å². The first-order valence-electron chi connectivity index (χ1n) is 7.89. The Hall–Kier alpha value is -1.20. The zero-order chi connectivity index (χ0) is 15.7. The van der Waals surface area contributed by atoms with Crippen LogP contribution in [-0.2, 0) is 29.7 Å². The van der Waals surface area contributed by atoms with Gasteiger partial charge in [0, 0.05) is 0 Å². The Balaban J connectivity index is 1.99. The maximum absolute atomic E-state index is 2.37. The topological polar surface area (TPSA) is 0 Å². The van der Waals surface area contributed by atoms with Crippen molar-refractivity contribution in [2.24, 2.45) is 0 Å². The van der Waals surface area contributed by atoms with Crippen molar-refractivity contribution in [1.82, 2.24) is 0 Å². The van der Waals surface area contributed by atoms with Gasteiger partial charge in [-0.05, 0) is 0 Å². The summed E-state index contributed by atoms with van der Waals surface area (Å²) in [5, 5.41) is 0. The van der Waals surface area contributed by atoms with Crippen molar-refractivity contribution in [2.75, 3.05) is 0 Å². The Labute approximate surface area is 145 Å². The Bertz CT molecular complexity index is 778. The average Bonchev–Trinajstić information content (AvgIpc) is 2.93. The molecule has 0 aliphatic heterocycles. The van der Waals surface area contributed by atoms with Crippen molar-refractivity contribution in [2.45, 2.75) is 34.1 Å². The molecular weight excluding hydrogens is 343 g/mol. The third-order valence-corrected chi connectivity index (χ3v) is 8.42. The van der Waals surface area contributed by atoms with Crippen molar-refractivity contribution < 1.29 is 23.2 Å². The van der Waals surface area contributed by atoms with Crippen LogP contribution in [-0.4, -0.2) is 0 Å². The summed E-state index contributed by atoms with van der Waals surface area (Å²) < 4.78 is 3.29. The van der Waals surface area contributed by atoms with Gasteiger partial charge in [-0.15, -0.1) is 0 Å². The first-order chi connectivity index (χ1) is 10.6. The summed E-state index contributed by atoms with van der Waals surface area (Å²) in [4.78, 5) is 0. The molecule has 0 atom stereocenters. The minimum absolute atomic E-state index is 0.705. The van der Waals surface area contributed by atoms with Crippen LogP contribution in [0.1, 0.15) is 38.8 Å². The summed E-state index contributed by atoms with van der Waals surface area (Å²) in [6.45, 7) is 8.98. The molecule has 2 aromatic rings. The van der Waals surface area contributed by atoms with E-state index in [1.807, 2.05) is 0 Å². The Morgan fingerprint density at radius 2 is 1.68 bits per heavy atom. The molecule has 0 bridgehead atoms. The van der Waals surface area contributed by atoms with Gasteiger partial charge < -0.3 is 0 Å². The van der Waals surface area contributed by atoms with E-state index in [1.54, 1.807) is 12.1 Å². The molecule has 0 heterocycles. The number of hydrogen-bond donors (Lipinski definition) is 0. The van der Waals surface area contributed by atoms with Crippen molar-refractivity contribution in [3.8, 4) is 11.1 Å². The van der Waals surface area contributed by atoms with Crippen LogP contribution in [0.2, 0.25) is 0 Å². The van der Waals surface area contributed by atoms with Gasteiger partial charge in [0.15, 0.2) is 0 Å². The van der Waals surface area contributed by atoms with Crippen LogP contribution in [0.3, 0.4) is 0 Å². The molecule has 0 unspecified atom stereocenters. The number of benzene rings is 2. The molecule has 0 nitrogen and oxygen atoms in total. The van der Waals surface area contributed by atoms with E-state index in [0.717, 1.165) is 6.42 Å². The monoisotopic (exact) mass is 364 g/mol. The summed E-state index contributed by atoms with van der Waals surface area (Å²) in [5.74, 6) is 0. The molecule has 0 spiro atoms. The van der Waals surface area contributed by atoms with Gasteiger partial charge in [0.2, 0.25) is 0 Å². The van der Waals surface area contributed by atoms with E-state index in [2.05, 4.69) is 76.2 Å². The summed E-state index contributed by atoms with van der Waals surface area (Å²) in [6.07, 6.45) is 3.35. The van der Waals surface area contributed by atoms with Crippen molar-refractivity contribution in [3.05, 3.63) is 74.1 Å². The van der Waals surface area contributed by atoms with Crippen molar-refractivity contribution in [1.29, 1.82) is 0 Å². The van der Waals surface area contributed by atoms with Crippen LogP contribution >= 0.6 is 0 Å². The van der Waals surface area contributed by atoms with E-state index in [9.17, 15) is 0 Å². The van der Waals surface area contributed by atoms with Gasteiger partial charge in [-0.3, -0.25) is 0 Å². The molecule has 1 heteroatoms. The van der Waals surface area contributed by atoms with E-state index in [4.69, 9.17) is 0 Å². The molecule has 0 N–H and O–H groups in total. The predicted molar refractivity (Wildman–Crippen MR) is 92.1 cm³/mol. The third-order valence-electron chi connectivity index (χ3n) is 4.76. The molecule has 0 saturated carbocycles. The van der Waals surface area contributed by atoms with E-state index in [-0.39, 0.29) is 0 Å². The molecule has 0 radical (unpaired) electrons. The van der Waals surface area contributed by atoms with Crippen molar-refractivity contribution in [3.63, 3.8) is 0 Å². The molecule has 1 aliphatic carbocycles. The van der Waals surface area contributed by atoms with Crippen LogP contribution in [0, 0.1) is 0 Å². The SMILES string of the molecule is C/C=C(C)/C(C)=[C](\C)[Zr][c]1cccc2c1Cc1ccccc1-2. The maximum atomic E-state index is 2.37. The summed E-state index contributed by atoms with van der Waals surface area (Å²) >= 11 is -0.705. The normalized spacial score (nSPS) is 14.3. The van der Waals surface area contributed by atoms with E-state index in [1.165, 1.54) is 27.8 Å². The van der Waals surface area contributed by atoms with Gasteiger partial charge in [-0.2, -0.15) is 0 Å². The standard InChI is InChI=1S/C13H9.C8H13.Zr/c1-3-7-12-10(5-1)9-11-6-2-4-8-13(11)12;1-5-7(3)8(4)6-2;/h1-5,7-8H,9H2;5H,1-4H3;/b;7-5+,8-6?;. The second-order valence-corrected chi connectivity index (χ2v) is 9.79. The molecule has 110 valence electrons. The summed E-state index contributed by atoms with van der Waals surface area (Å²) in [6, 6.07) is 15.8. The molecule has 0 saturated heterocycles. The fourth-order valence-electron chi connectivity index (χ4n) is 3.08. The fourth-order valence-corrected chi connectivity index (χ4v) is 6.38. The van der Waals surface area contributed by atoms with Crippen LogP contribution in [0.5, 0.6) is 0 Å². The molecule has 3 rings (SSSR count). The quantitative estimate of drug-likeness (QED) is 0.558. The molecule has 22 heavy (non-hydrogen) atoms. The predicted octanol–water partition coefficient (Wildman–Crippen LogP) is 5.23. The molecule has 0 amide bonds. The zero-order valence-electron chi connectivity index (χ0n) is 13.8. The van der Waals surface area contributed by atoms with Gasteiger partial charge in [0.1, 0.15) is 0 Å². The van der Waals surface area contributed by atoms with Crippen molar-refractivity contribution >= 4 is 3.27 Å². The van der Waals surface area contributed by atoms with E-state index in [0.29, 0.717) is 0 Å². The summed E-state index contributed by atoms with van der Waals surface area (Å²) in [5.41, 5.74) is 8.94. The molecule has 1 aliphatic rings. The summed E-state index contributed by atoms with van der Waals surface area (Å²) in [7, 11) is 0. The average molecular weight is 366 g/mol. The van der Waals surface area contributed by atoms with Crippen LogP contribution in [0.25, 0.3) is 11.1 Å².